The van der Waals surface area contributed by atoms with Crippen LogP contribution in [0.3, 0.4) is 0 Å². The zero-order valence-electron chi connectivity index (χ0n) is 8.01. The molecule has 0 saturated carbocycles. The molecule has 1 aliphatic heterocycles. The van der Waals surface area contributed by atoms with Crippen LogP contribution in [0.4, 0.5) is 0 Å². The van der Waals surface area contributed by atoms with Crippen molar-refractivity contribution in [3.05, 3.63) is 29.2 Å². The first-order valence-electron chi connectivity index (χ1n) is 4.54. The molecule has 4 nitrogen and oxygen atoms in total. The second-order valence-corrected chi connectivity index (χ2v) is 4.95. The van der Waals surface area contributed by atoms with Gasteiger partial charge in [0.05, 0.1) is 4.90 Å². The van der Waals surface area contributed by atoms with E-state index in [-0.39, 0.29) is 0 Å². The van der Waals surface area contributed by atoms with Crippen LogP contribution in [0.15, 0.2) is 28.5 Å². The van der Waals surface area contributed by atoms with E-state index in [0.717, 1.165) is 0 Å². The van der Waals surface area contributed by atoms with Crippen LogP contribution in [0.1, 0.15) is 5.56 Å². The highest BCUT2D eigenvalue weighted by Crippen LogP contribution is 2.33. The van der Waals surface area contributed by atoms with Crippen LogP contribution in [0.2, 0.25) is 0 Å². The van der Waals surface area contributed by atoms with Crippen molar-refractivity contribution in [2.24, 2.45) is 5.73 Å². The van der Waals surface area contributed by atoms with E-state index in [4.69, 9.17) is 10.5 Å². The Morgan fingerprint density at radius 1 is 1.33 bits per heavy atom. The summed E-state index contributed by atoms with van der Waals surface area (Å²) in [6.07, 6.45) is 1.55. The van der Waals surface area contributed by atoms with E-state index >= 15 is 0 Å². The van der Waals surface area contributed by atoms with Crippen LogP contribution in [-0.4, -0.2) is 21.6 Å². The fourth-order valence-corrected chi connectivity index (χ4v) is 2.67. The molecule has 0 fully saturated rings. The Kier molecular flexibility index (Phi) is 2.50. The summed E-state index contributed by atoms with van der Waals surface area (Å²) < 4.78 is 28.4. The van der Waals surface area contributed by atoms with Gasteiger partial charge < -0.3 is 10.5 Å². The van der Waals surface area contributed by atoms with Gasteiger partial charge in [-0.2, -0.15) is 0 Å². The molecule has 2 rings (SSSR count). The third-order valence-electron chi connectivity index (χ3n) is 2.12. The Labute approximate surface area is 88.3 Å². The molecule has 0 unspecified atom stereocenters. The van der Waals surface area contributed by atoms with E-state index in [1.54, 1.807) is 24.3 Å². The summed E-state index contributed by atoms with van der Waals surface area (Å²) in [5, 5.41) is 1.19. The van der Waals surface area contributed by atoms with Crippen molar-refractivity contribution in [1.29, 1.82) is 0 Å². The van der Waals surface area contributed by atoms with Gasteiger partial charge in [-0.25, -0.2) is 8.42 Å². The number of hydrogen-bond donors (Lipinski definition) is 1. The van der Waals surface area contributed by atoms with Crippen LogP contribution in [0.5, 0.6) is 5.75 Å². The lowest BCUT2D eigenvalue weighted by molar-refractivity contribution is 0.327. The predicted molar refractivity (Wildman–Crippen MR) is 57.2 cm³/mol. The standard InChI is InChI=1S/C10H11NO3S/c11-5-6-14-9-2-1-3-10-8(9)4-7-15(10,12)13/h1-4,7H,5-6,11H2. The van der Waals surface area contributed by atoms with Gasteiger partial charge in [-0.1, -0.05) is 6.07 Å². The van der Waals surface area contributed by atoms with E-state index in [1.165, 1.54) is 5.41 Å². The summed E-state index contributed by atoms with van der Waals surface area (Å²) in [4.78, 5) is 0.303. The minimum Gasteiger partial charge on any atom is -0.492 e. The molecular weight excluding hydrogens is 214 g/mol. The quantitative estimate of drug-likeness (QED) is 0.825. The van der Waals surface area contributed by atoms with Gasteiger partial charge in [0.1, 0.15) is 12.4 Å². The van der Waals surface area contributed by atoms with Gasteiger partial charge in [-0.3, -0.25) is 0 Å². The van der Waals surface area contributed by atoms with Crippen LogP contribution in [-0.2, 0) is 9.84 Å². The van der Waals surface area contributed by atoms with Crippen LogP contribution in [0, 0.1) is 0 Å². The van der Waals surface area contributed by atoms with Gasteiger partial charge in [-0.05, 0) is 18.2 Å². The van der Waals surface area contributed by atoms with Crippen molar-refractivity contribution in [3.63, 3.8) is 0 Å². The monoisotopic (exact) mass is 225 g/mol. The molecule has 1 aromatic rings. The number of nitrogens with two attached hydrogens (primary N) is 1. The summed E-state index contributed by atoms with van der Waals surface area (Å²) in [7, 11) is -3.24. The Balaban J connectivity index is 2.45. The topological polar surface area (TPSA) is 69.4 Å². The van der Waals surface area contributed by atoms with Gasteiger partial charge in [0.25, 0.3) is 0 Å². The highest BCUT2D eigenvalue weighted by molar-refractivity contribution is 7.94. The smallest absolute Gasteiger partial charge is 0.200 e. The number of hydrogen-bond acceptors (Lipinski definition) is 4. The van der Waals surface area contributed by atoms with Gasteiger partial charge >= 0.3 is 0 Å². The lowest BCUT2D eigenvalue weighted by Crippen LogP contribution is -2.11. The number of fused-ring (bicyclic) bond motifs is 1. The fourth-order valence-electron chi connectivity index (χ4n) is 1.46. The maximum Gasteiger partial charge on any atom is 0.200 e. The van der Waals surface area contributed by atoms with Crippen LogP contribution < -0.4 is 10.5 Å². The van der Waals surface area contributed by atoms with Crippen molar-refractivity contribution in [3.8, 4) is 5.75 Å². The molecule has 80 valence electrons. The van der Waals surface area contributed by atoms with Gasteiger partial charge in [0.15, 0.2) is 0 Å². The normalized spacial score (nSPS) is 16.3. The molecule has 0 radical (unpaired) electrons. The summed E-state index contributed by atoms with van der Waals surface area (Å²) >= 11 is 0. The molecule has 0 spiro atoms. The molecular formula is C10H11NO3S. The van der Waals surface area contributed by atoms with Gasteiger partial charge in [0.2, 0.25) is 9.84 Å². The average Bonchev–Trinajstić information content (AvgIpc) is 2.53. The number of rotatable bonds is 3. The second kappa shape index (κ2) is 3.67. The van der Waals surface area contributed by atoms with Crippen LogP contribution >= 0.6 is 0 Å². The number of ether oxygens (including phenoxy) is 1. The summed E-state index contributed by atoms with van der Waals surface area (Å²) in [6.45, 7) is 0.782. The third-order valence-corrected chi connectivity index (χ3v) is 3.59. The van der Waals surface area contributed by atoms with Crippen LogP contribution in [0.25, 0.3) is 6.08 Å². The Hall–Kier alpha value is -1.33. The molecule has 0 saturated heterocycles. The Morgan fingerprint density at radius 2 is 2.13 bits per heavy atom. The molecule has 0 bridgehead atoms. The molecule has 1 heterocycles. The van der Waals surface area contributed by atoms with Crippen molar-refractivity contribution in [2.75, 3.05) is 13.2 Å². The number of benzene rings is 1. The first-order chi connectivity index (χ1) is 7.15. The SMILES string of the molecule is NCCOc1cccc2c1C=CS2(=O)=O. The average molecular weight is 225 g/mol. The highest BCUT2D eigenvalue weighted by Gasteiger charge is 2.22. The molecule has 5 heteroatoms. The molecule has 0 amide bonds. The molecule has 1 aromatic carbocycles. The second-order valence-electron chi connectivity index (χ2n) is 3.15. The van der Waals surface area contributed by atoms with Crippen molar-refractivity contribution < 1.29 is 13.2 Å². The molecule has 1 aliphatic rings. The molecule has 0 atom stereocenters. The maximum atomic E-state index is 11.5. The minimum absolute atomic E-state index is 0.303. The van der Waals surface area contributed by atoms with E-state index in [9.17, 15) is 8.42 Å². The molecule has 15 heavy (non-hydrogen) atoms. The minimum atomic E-state index is -3.24. The summed E-state index contributed by atoms with van der Waals surface area (Å²) in [5.41, 5.74) is 5.93. The van der Waals surface area contributed by atoms with Crippen molar-refractivity contribution >= 4 is 15.9 Å². The lowest BCUT2D eigenvalue weighted by Gasteiger charge is -2.08. The van der Waals surface area contributed by atoms with E-state index in [0.29, 0.717) is 29.4 Å². The van der Waals surface area contributed by atoms with E-state index < -0.39 is 9.84 Å². The zero-order chi connectivity index (χ0) is 10.9. The Bertz CT molecular complexity index is 505. The summed E-state index contributed by atoms with van der Waals surface area (Å²) in [5.74, 6) is 0.565. The first-order valence-corrected chi connectivity index (χ1v) is 6.09. The molecule has 0 aromatic heterocycles. The Morgan fingerprint density at radius 3 is 2.87 bits per heavy atom. The molecule has 2 N–H and O–H groups in total. The maximum absolute atomic E-state index is 11.5. The largest absolute Gasteiger partial charge is 0.492 e. The first kappa shape index (κ1) is 10.2. The van der Waals surface area contributed by atoms with Gasteiger partial charge in [0, 0.05) is 17.5 Å². The van der Waals surface area contributed by atoms with E-state index in [1.807, 2.05) is 0 Å². The fraction of sp³-hybridized carbons (Fsp3) is 0.200. The van der Waals surface area contributed by atoms with E-state index in [2.05, 4.69) is 0 Å². The highest BCUT2D eigenvalue weighted by atomic mass is 32.2. The molecule has 0 aliphatic carbocycles. The zero-order valence-corrected chi connectivity index (χ0v) is 8.83. The predicted octanol–water partition coefficient (Wildman–Crippen LogP) is 0.782. The third kappa shape index (κ3) is 1.75. The lowest BCUT2D eigenvalue weighted by atomic mass is 10.2. The van der Waals surface area contributed by atoms with Gasteiger partial charge in [-0.15, -0.1) is 0 Å². The summed E-state index contributed by atoms with van der Waals surface area (Å²) in [6, 6.07) is 4.97. The van der Waals surface area contributed by atoms with Crippen molar-refractivity contribution in [2.45, 2.75) is 4.90 Å². The number of sulfone groups is 1. The van der Waals surface area contributed by atoms with Crippen molar-refractivity contribution in [1.82, 2.24) is 0 Å².